The van der Waals surface area contributed by atoms with Gasteiger partial charge < -0.3 is 20.2 Å². The summed E-state index contributed by atoms with van der Waals surface area (Å²) in [5, 5.41) is 13.5. The van der Waals surface area contributed by atoms with Gasteiger partial charge in [-0.2, -0.15) is 5.10 Å². The molecule has 0 saturated carbocycles. The molecule has 0 spiro atoms. The van der Waals surface area contributed by atoms with E-state index in [1.165, 1.54) is 6.20 Å². The van der Waals surface area contributed by atoms with Crippen LogP contribution in [0.3, 0.4) is 0 Å². The van der Waals surface area contributed by atoms with Crippen molar-refractivity contribution in [1.29, 1.82) is 0 Å². The highest BCUT2D eigenvalue weighted by atomic mass is 19.1. The largest absolute Gasteiger partial charge is 0.345 e. The Morgan fingerprint density at radius 3 is 2.95 bits per heavy atom. The third-order valence-corrected chi connectivity index (χ3v) is 6.07. The van der Waals surface area contributed by atoms with Crippen LogP contribution < -0.4 is 10.6 Å². The molecule has 0 fully saturated rings. The summed E-state index contributed by atoms with van der Waals surface area (Å²) in [4.78, 5) is 28.3. The molecule has 0 bridgehead atoms. The van der Waals surface area contributed by atoms with E-state index >= 15 is 4.39 Å². The van der Waals surface area contributed by atoms with Gasteiger partial charge >= 0.3 is 0 Å². The smallest absolute Gasteiger partial charge is 0.224 e. The fourth-order valence-electron chi connectivity index (χ4n) is 4.27. The van der Waals surface area contributed by atoms with Crippen LogP contribution in [0.1, 0.15) is 24.7 Å². The number of carbonyl (C=O) groups excluding carboxylic acids is 1. The quantitative estimate of drug-likeness (QED) is 0.276. The lowest BCUT2D eigenvalue weighted by molar-refractivity contribution is -0.115. The minimum absolute atomic E-state index is 0.146. The van der Waals surface area contributed by atoms with Crippen LogP contribution in [0, 0.1) is 12.7 Å². The Morgan fingerprint density at radius 2 is 2.14 bits per heavy atom. The molecule has 10 nitrogen and oxygen atoms in total. The number of aromatic nitrogens is 7. The molecule has 0 unspecified atom stereocenters. The minimum Gasteiger partial charge on any atom is -0.345 e. The first kappa shape index (κ1) is 22.4. The molecule has 1 aromatic carbocycles. The van der Waals surface area contributed by atoms with Gasteiger partial charge in [0.05, 0.1) is 40.5 Å². The number of rotatable bonds is 5. The maximum Gasteiger partial charge on any atom is 0.224 e. The summed E-state index contributed by atoms with van der Waals surface area (Å²) in [6, 6.07) is 5.12. The molecule has 1 aliphatic rings. The summed E-state index contributed by atoms with van der Waals surface area (Å²) in [5.41, 5.74) is 4.66. The van der Waals surface area contributed by atoms with Crippen molar-refractivity contribution < 1.29 is 9.18 Å². The van der Waals surface area contributed by atoms with E-state index < -0.39 is 5.82 Å². The van der Waals surface area contributed by atoms with Crippen molar-refractivity contribution in [3.8, 4) is 22.6 Å². The molecular weight excluding hydrogens is 473 g/mol. The van der Waals surface area contributed by atoms with Crippen LogP contribution >= 0.6 is 0 Å². The molecule has 0 radical (unpaired) electrons. The van der Waals surface area contributed by atoms with Gasteiger partial charge in [-0.1, -0.05) is 6.92 Å². The fourth-order valence-corrected chi connectivity index (χ4v) is 4.27. The predicted octanol–water partition coefficient (Wildman–Crippen LogP) is 4.84. The van der Waals surface area contributed by atoms with Crippen LogP contribution in [-0.4, -0.2) is 40.6 Å². The first-order chi connectivity index (χ1) is 18.0. The van der Waals surface area contributed by atoms with E-state index in [-0.39, 0.29) is 5.91 Å². The van der Waals surface area contributed by atoms with Crippen LogP contribution in [0.25, 0.3) is 39.2 Å². The second-order valence-electron chi connectivity index (χ2n) is 8.57. The summed E-state index contributed by atoms with van der Waals surface area (Å²) in [6.45, 7) is 3.68. The lowest BCUT2D eigenvalue weighted by Crippen LogP contribution is -2.09. The highest BCUT2D eigenvalue weighted by molar-refractivity contribution is 5.96. The summed E-state index contributed by atoms with van der Waals surface area (Å²) >= 11 is 0. The zero-order chi connectivity index (χ0) is 25.5. The summed E-state index contributed by atoms with van der Waals surface area (Å²) < 4.78 is 17.9. The van der Waals surface area contributed by atoms with Gasteiger partial charge in [-0.3, -0.25) is 14.9 Å². The number of anilines is 2. The number of fused-ring (bicyclic) bond motifs is 2. The average Bonchev–Trinajstić information content (AvgIpc) is 3.60. The number of pyridine rings is 1. The van der Waals surface area contributed by atoms with Gasteiger partial charge in [0.2, 0.25) is 5.91 Å². The van der Waals surface area contributed by atoms with Crippen LogP contribution in [0.2, 0.25) is 0 Å². The SMILES string of the molecule is CCC(=O)Nc1cncc(-c2ccc3[nH]nc(-c4nc5c([nH]4)C(n4cnc(C)c4)=CC=CN5)c3c2F)c1. The third-order valence-electron chi connectivity index (χ3n) is 6.07. The maximum absolute atomic E-state index is 16.0. The van der Waals surface area contributed by atoms with Crippen molar-refractivity contribution in [3.05, 3.63) is 78.7 Å². The van der Waals surface area contributed by atoms with Crippen molar-refractivity contribution >= 4 is 34.0 Å². The molecule has 1 aliphatic heterocycles. The number of halogens is 1. The minimum atomic E-state index is -0.470. The number of nitrogens with zero attached hydrogens (tertiary/aromatic N) is 5. The lowest BCUT2D eigenvalue weighted by Gasteiger charge is -2.08. The zero-order valence-corrected chi connectivity index (χ0v) is 20.0. The summed E-state index contributed by atoms with van der Waals surface area (Å²) in [6.07, 6.45) is 12.6. The van der Waals surface area contributed by atoms with E-state index in [0.717, 1.165) is 11.4 Å². The first-order valence-corrected chi connectivity index (χ1v) is 11.7. The number of aromatic amines is 2. The molecule has 0 atom stereocenters. The summed E-state index contributed by atoms with van der Waals surface area (Å²) in [7, 11) is 0. The Morgan fingerprint density at radius 1 is 1.24 bits per heavy atom. The Labute approximate surface area is 210 Å². The summed E-state index contributed by atoms with van der Waals surface area (Å²) in [5.74, 6) is 0.368. The molecule has 4 aromatic heterocycles. The van der Waals surface area contributed by atoms with E-state index in [1.54, 1.807) is 43.8 Å². The lowest BCUT2D eigenvalue weighted by atomic mass is 10.0. The Bertz CT molecular complexity index is 1720. The zero-order valence-electron chi connectivity index (χ0n) is 20.0. The second kappa shape index (κ2) is 8.86. The van der Waals surface area contributed by atoms with Crippen molar-refractivity contribution in [2.24, 2.45) is 0 Å². The van der Waals surface area contributed by atoms with Gasteiger partial charge in [0, 0.05) is 36.1 Å². The highest BCUT2D eigenvalue weighted by Crippen LogP contribution is 2.36. The third kappa shape index (κ3) is 3.96. The molecule has 11 heteroatoms. The second-order valence-corrected chi connectivity index (χ2v) is 8.57. The number of H-pyrrole nitrogens is 2. The van der Waals surface area contributed by atoms with Crippen molar-refractivity contribution in [3.63, 3.8) is 0 Å². The Kier molecular flexibility index (Phi) is 5.37. The number of imidazole rings is 2. The molecule has 0 aliphatic carbocycles. The van der Waals surface area contributed by atoms with Gasteiger partial charge in [-0.05, 0) is 37.3 Å². The van der Waals surface area contributed by atoms with Crippen molar-refractivity contribution in [2.45, 2.75) is 20.3 Å². The molecule has 37 heavy (non-hydrogen) atoms. The van der Waals surface area contributed by atoms with Crippen LogP contribution in [-0.2, 0) is 4.79 Å². The normalized spacial score (nSPS) is 12.7. The van der Waals surface area contributed by atoms with Gasteiger partial charge in [-0.15, -0.1) is 0 Å². The van der Waals surface area contributed by atoms with Gasteiger partial charge in [0.1, 0.15) is 17.2 Å². The number of nitrogens with one attached hydrogen (secondary N) is 4. The maximum atomic E-state index is 16.0. The highest BCUT2D eigenvalue weighted by Gasteiger charge is 2.23. The van der Waals surface area contributed by atoms with E-state index in [0.29, 0.717) is 57.2 Å². The van der Waals surface area contributed by atoms with E-state index in [1.807, 2.05) is 29.8 Å². The van der Waals surface area contributed by atoms with E-state index in [4.69, 9.17) is 0 Å². The van der Waals surface area contributed by atoms with Gasteiger partial charge in [0.25, 0.3) is 0 Å². The number of hydrogen-bond acceptors (Lipinski definition) is 6. The van der Waals surface area contributed by atoms with Crippen LogP contribution in [0.15, 0.2) is 61.5 Å². The van der Waals surface area contributed by atoms with Gasteiger partial charge in [0.15, 0.2) is 11.6 Å². The standard InChI is InChI=1S/C26H22FN9O/c1-3-20(37)31-16-9-15(10-28-11-16)17-6-7-18-21(22(17)27)24(35-34-18)26-32-23-19(36-12-14(2)30-13-36)5-4-8-29-25(23)33-26/h4-13,29H,3H2,1-2H3,(H,31,37)(H,32,33)(H,34,35). The average molecular weight is 496 g/mol. The molecule has 1 amide bonds. The van der Waals surface area contributed by atoms with Crippen LogP contribution in [0.4, 0.5) is 15.9 Å². The number of hydrogen-bond donors (Lipinski definition) is 4. The predicted molar refractivity (Wildman–Crippen MR) is 139 cm³/mol. The fraction of sp³-hybridized carbons (Fsp3) is 0.115. The molecule has 0 saturated heterocycles. The molecule has 184 valence electrons. The number of benzene rings is 1. The number of amides is 1. The first-order valence-electron chi connectivity index (χ1n) is 11.7. The van der Waals surface area contributed by atoms with E-state index in [9.17, 15) is 4.79 Å². The molecule has 5 heterocycles. The van der Waals surface area contributed by atoms with Crippen LogP contribution in [0.5, 0.6) is 0 Å². The van der Waals surface area contributed by atoms with Crippen molar-refractivity contribution in [1.82, 2.24) is 34.7 Å². The van der Waals surface area contributed by atoms with E-state index in [2.05, 4.69) is 40.8 Å². The molecule has 6 rings (SSSR count). The Balaban J connectivity index is 1.44. The molecule has 5 aromatic rings. The molecular formula is C26H22FN9O. The number of carbonyl (C=O) groups is 1. The topological polar surface area (TPSA) is 129 Å². The van der Waals surface area contributed by atoms with Crippen molar-refractivity contribution in [2.75, 3.05) is 10.6 Å². The molecule has 4 N–H and O–H groups in total. The number of allylic oxidation sites excluding steroid dienone is 2. The number of aryl methyl sites for hydroxylation is 1. The van der Waals surface area contributed by atoms with Gasteiger partial charge in [-0.25, -0.2) is 14.4 Å². The monoisotopic (exact) mass is 495 g/mol. The Hall–Kier alpha value is -5.06.